The van der Waals surface area contributed by atoms with Crippen LogP contribution in [0.25, 0.3) is 11.3 Å². The molecule has 0 bridgehead atoms. The van der Waals surface area contributed by atoms with Crippen molar-refractivity contribution in [3.63, 3.8) is 0 Å². The second-order valence-electron chi connectivity index (χ2n) is 5.31. The lowest BCUT2D eigenvalue weighted by Crippen LogP contribution is -2.16. The van der Waals surface area contributed by atoms with Gasteiger partial charge in [0.05, 0.1) is 6.54 Å². The highest BCUT2D eigenvalue weighted by Crippen LogP contribution is 2.25. The molecule has 0 spiro atoms. The second-order valence-corrected chi connectivity index (χ2v) is 5.31. The van der Waals surface area contributed by atoms with Gasteiger partial charge in [0.25, 0.3) is 0 Å². The zero-order valence-electron chi connectivity index (χ0n) is 11.4. The Balaban J connectivity index is 1.83. The third-order valence-electron chi connectivity index (χ3n) is 3.84. The number of hydrogen-bond acceptors (Lipinski definition) is 4. The molecule has 102 valence electrons. The van der Waals surface area contributed by atoms with Gasteiger partial charge in [-0.15, -0.1) is 5.10 Å². The van der Waals surface area contributed by atoms with E-state index in [4.69, 9.17) is 0 Å². The molecule has 2 heterocycles. The van der Waals surface area contributed by atoms with E-state index < -0.39 is 0 Å². The first-order valence-electron chi connectivity index (χ1n) is 7.12. The van der Waals surface area contributed by atoms with Gasteiger partial charge in [0.2, 0.25) is 0 Å². The van der Waals surface area contributed by atoms with Crippen LogP contribution in [0.1, 0.15) is 37.8 Å². The maximum atomic E-state index is 9.21. The number of rotatable bonds is 3. The average molecular weight is 267 g/mol. The highest BCUT2D eigenvalue weighted by molar-refractivity contribution is 5.62. The molecule has 0 amide bonds. The summed E-state index contributed by atoms with van der Waals surface area (Å²) < 4.78 is 0. The third kappa shape index (κ3) is 2.69. The normalized spacial score (nSPS) is 15.9. The molecule has 0 saturated heterocycles. The Bertz CT molecular complexity index is 605. The fourth-order valence-electron chi connectivity index (χ4n) is 2.80. The van der Waals surface area contributed by atoms with E-state index in [1.165, 1.54) is 32.1 Å². The molecular formula is C15H17N5. The summed E-state index contributed by atoms with van der Waals surface area (Å²) in [5, 5.41) is 18.0. The highest BCUT2D eigenvalue weighted by Gasteiger charge is 2.18. The minimum atomic E-state index is 0.383. The van der Waals surface area contributed by atoms with Crippen molar-refractivity contribution < 1.29 is 0 Å². The van der Waals surface area contributed by atoms with Crippen LogP contribution in [0, 0.1) is 17.2 Å². The molecule has 1 aliphatic carbocycles. The van der Waals surface area contributed by atoms with Crippen LogP contribution in [0.5, 0.6) is 0 Å². The lowest BCUT2D eigenvalue weighted by Gasteiger charge is -2.20. The zero-order chi connectivity index (χ0) is 13.8. The summed E-state index contributed by atoms with van der Waals surface area (Å²) in [5.74, 6) is 0.643. The largest absolute Gasteiger partial charge is 0.264 e. The number of hydrogen-bond donors (Lipinski definition) is 0. The number of nitrogens with zero attached hydrogens (tertiary/aromatic N) is 5. The van der Waals surface area contributed by atoms with Gasteiger partial charge >= 0.3 is 0 Å². The summed E-state index contributed by atoms with van der Waals surface area (Å²) in [4.78, 5) is 5.77. The van der Waals surface area contributed by atoms with Crippen LogP contribution in [0.15, 0.2) is 24.5 Å². The van der Waals surface area contributed by atoms with E-state index in [-0.39, 0.29) is 0 Å². The van der Waals surface area contributed by atoms with Crippen molar-refractivity contribution in [2.24, 2.45) is 5.92 Å². The minimum Gasteiger partial charge on any atom is -0.264 e. The third-order valence-corrected chi connectivity index (χ3v) is 3.84. The monoisotopic (exact) mass is 267 g/mol. The van der Waals surface area contributed by atoms with E-state index in [0.717, 1.165) is 12.1 Å². The molecule has 0 radical (unpaired) electrons. The summed E-state index contributed by atoms with van der Waals surface area (Å²) in [7, 11) is 0. The van der Waals surface area contributed by atoms with Crippen LogP contribution < -0.4 is 0 Å². The Labute approximate surface area is 118 Å². The van der Waals surface area contributed by atoms with Gasteiger partial charge in [0, 0.05) is 18.0 Å². The summed E-state index contributed by atoms with van der Waals surface area (Å²) in [5.41, 5.74) is 1.86. The van der Waals surface area contributed by atoms with Gasteiger partial charge in [0.15, 0.2) is 5.69 Å². The average Bonchev–Trinajstić information content (AvgIpc) is 2.92. The van der Waals surface area contributed by atoms with Crippen molar-refractivity contribution in [3.8, 4) is 17.3 Å². The number of nitriles is 1. The predicted molar refractivity (Wildman–Crippen MR) is 74.5 cm³/mol. The van der Waals surface area contributed by atoms with Crippen molar-refractivity contribution >= 4 is 0 Å². The minimum absolute atomic E-state index is 0.383. The molecule has 0 N–H and O–H groups in total. The smallest absolute Gasteiger partial charge is 0.190 e. The molecule has 1 fully saturated rings. The van der Waals surface area contributed by atoms with Crippen molar-refractivity contribution in [1.29, 1.82) is 5.26 Å². The van der Waals surface area contributed by atoms with Crippen LogP contribution in [0.3, 0.4) is 0 Å². The maximum Gasteiger partial charge on any atom is 0.190 e. The van der Waals surface area contributed by atoms with Gasteiger partial charge in [-0.05, 0) is 30.9 Å². The molecule has 1 saturated carbocycles. The van der Waals surface area contributed by atoms with E-state index in [1.807, 2.05) is 12.1 Å². The quantitative estimate of drug-likeness (QED) is 0.857. The second kappa shape index (κ2) is 5.83. The van der Waals surface area contributed by atoms with Crippen LogP contribution in [0.2, 0.25) is 0 Å². The van der Waals surface area contributed by atoms with Gasteiger partial charge in [-0.25, -0.2) is 0 Å². The van der Waals surface area contributed by atoms with Crippen molar-refractivity contribution in [2.45, 2.75) is 38.6 Å². The Morgan fingerprint density at radius 3 is 2.80 bits per heavy atom. The molecule has 20 heavy (non-hydrogen) atoms. The van der Waals surface area contributed by atoms with Gasteiger partial charge in [0.1, 0.15) is 11.8 Å². The Kier molecular flexibility index (Phi) is 3.73. The maximum absolute atomic E-state index is 9.21. The molecule has 0 atom stereocenters. The van der Waals surface area contributed by atoms with Gasteiger partial charge < -0.3 is 0 Å². The molecule has 0 unspecified atom stereocenters. The topological polar surface area (TPSA) is 67.4 Å². The summed E-state index contributed by atoms with van der Waals surface area (Å²) in [6.45, 7) is 0.814. The van der Waals surface area contributed by atoms with Crippen molar-refractivity contribution in [1.82, 2.24) is 20.0 Å². The van der Waals surface area contributed by atoms with E-state index in [9.17, 15) is 5.26 Å². The van der Waals surface area contributed by atoms with Gasteiger partial charge in [-0.2, -0.15) is 15.2 Å². The highest BCUT2D eigenvalue weighted by atomic mass is 15.5. The Hall–Kier alpha value is -2.22. The standard InChI is InChI=1S/C15H17N5/c16-9-14-15(13-7-4-8-17-10-13)19-20(18-14)11-12-5-2-1-3-6-12/h4,7-8,10,12H,1-3,5-6,11H2. The summed E-state index contributed by atoms with van der Waals surface area (Å²) in [6.07, 6.45) is 9.85. The molecule has 0 aromatic carbocycles. The molecule has 0 aliphatic heterocycles. The fourth-order valence-corrected chi connectivity index (χ4v) is 2.80. The fraction of sp³-hybridized carbons (Fsp3) is 0.467. The van der Waals surface area contributed by atoms with Crippen LogP contribution in [-0.4, -0.2) is 20.0 Å². The molecule has 2 aromatic heterocycles. The first kappa shape index (κ1) is 12.8. The molecule has 2 aromatic rings. The zero-order valence-corrected chi connectivity index (χ0v) is 11.4. The lowest BCUT2D eigenvalue weighted by molar-refractivity contribution is 0.293. The van der Waals surface area contributed by atoms with Crippen molar-refractivity contribution in [3.05, 3.63) is 30.2 Å². The van der Waals surface area contributed by atoms with Gasteiger partial charge in [-0.1, -0.05) is 19.3 Å². The van der Waals surface area contributed by atoms with Crippen molar-refractivity contribution in [2.75, 3.05) is 0 Å². The Morgan fingerprint density at radius 1 is 1.25 bits per heavy atom. The summed E-state index contributed by atoms with van der Waals surface area (Å²) in [6, 6.07) is 5.88. The number of pyridine rings is 1. The van der Waals surface area contributed by atoms with Crippen LogP contribution >= 0.6 is 0 Å². The van der Waals surface area contributed by atoms with E-state index in [0.29, 0.717) is 17.3 Å². The number of aromatic nitrogens is 4. The van der Waals surface area contributed by atoms with E-state index >= 15 is 0 Å². The molecule has 1 aliphatic rings. The molecule has 5 heteroatoms. The molecule has 5 nitrogen and oxygen atoms in total. The van der Waals surface area contributed by atoms with Gasteiger partial charge in [-0.3, -0.25) is 4.98 Å². The van der Waals surface area contributed by atoms with Crippen LogP contribution in [0.4, 0.5) is 0 Å². The lowest BCUT2D eigenvalue weighted by atomic mass is 9.89. The molecule has 3 rings (SSSR count). The van der Waals surface area contributed by atoms with E-state index in [2.05, 4.69) is 21.3 Å². The SMILES string of the molecule is N#Cc1nn(CC2CCCCC2)nc1-c1cccnc1. The van der Waals surface area contributed by atoms with E-state index in [1.54, 1.807) is 17.2 Å². The Morgan fingerprint density at radius 2 is 2.10 bits per heavy atom. The first-order valence-corrected chi connectivity index (χ1v) is 7.12. The van der Waals surface area contributed by atoms with Crippen LogP contribution in [-0.2, 0) is 6.54 Å². The predicted octanol–water partition coefficient (Wildman–Crippen LogP) is 2.79. The summed E-state index contributed by atoms with van der Waals surface area (Å²) >= 11 is 0. The first-order chi connectivity index (χ1) is 9.86. The molecular weight excluding hydrogens is 250 g/mol.